The molecule has 2 heterocycles. The molecule has 0 radical (unpaired) electrons. The third-order valence-corrected chi connectivity index (χ3v) is 4.55. The van der Waals surface area contributed by atoms with E-state index in [1.165, 1.54) is 0 Å². The molecule has 0 aliphatic heterocycles. The zero-order valence-electron chi connectivity index (χ0n) is 15.4. The number of hydrogen-bond donors (Lipinski definition) is 1. The van der Waals surface area contributed by atoms with Crippen molar-refractivity contribution in [3.63, 3.8) is 0 Å². The molecule has 0 unspecified atom stereocenters. The van der Waals surface area contributed by atoms with Gasteiger partial charge in [0.2, 0.25) is 0 Å². The molecule has 0 amide bonds. The minimum atomic E-state index is 0.662. The Hall–Kier alpha value is -3.53. The summed E-state index contributed by atoms with van der Waals surface area (Å²) >= 11 is 0. The molecule has 0 aliphatic rings. The number of hydrogen-bond acceptors (Lipinski definition) is 4. The molecule has 0 spiro atoms. The van der Waals surface area contributed by atoms with Crippen LogP contribution in [0.1, 0.15) is 12.5 Å². The van der Waals surface area contributed by atoms with Crippen molar-refractivity contribution in [2.24, 2.45) is 0 Å². The van der Waals surface area contributed by atoms with Crippen LogP contribution in [0.25, 0.3) is 39.0 Å². The lowest BCUT2D eigenvalue weighted by molar-refractivity contribution is 1.20. The first-order valence-electron chi connectivity index (χ1n) is 8.82. The highest BCUT2D eigenvalue weighted by atomic mass is 15.0. The van der Waals surface area contributed by atoms with Crippen molar-refractivity contribution in [3.05, 3.63) is 79.1 Å². The average Bonchev–Trinajstić information content (AvgIpc) is 2.73. The van der Waals surface area contributed by atoms with Crippen LogP contribution in [0.2, 0.25) is 0 Å². The summed E-state index contributed by atoms with van der Waals surface area (Å²) < 4.78 is 0. The van der Waals surface area contributed by atoms with E-state index in [-0.39, 0.29) is 0 Å². The largest absolute Gasteiger partial charge is 0.373 e. The van der Waals surface area contributed by atoms with Gasteiger partial charge in [0.15, 0.2) is 5.82 Å². The van der Waals surface area contributed by atoms with E-state index < -0.39 is 0 Å². The fraction of sp³-hybridized carbons (Fsp3) is 0.0870. The molecule has 1 N–H and O–H groups in total. The van der Waals surface area contributed by atoms with Crippen LogP contribution in [0.3, 0.4) is 0 Å². The molecular formula is C23H20N4. The molecule has 0 saturated carbocycles. The van der Waals surface area contributed by atoms with Gasteiger partial charge in [0, 0.05) is 30.4 Å². The molecule has 2 aromatic carbocycles. The number of benzene rings is 2. The molecular weight excluding hydrogens is 332 g/mol. The Labute approximate surface area is 158 Å². The van der Waals surface area contributed by atoms with E-state index in [1.807, 2.05) is 44.3 Å². The second kappa shape index (κ2) is 7.00. The standard InChI is InChI=1S/C23H20N4/c1-15(2)18-8-4-5-9-19(18)16-10-11-21-20(13-16)23(24-3)27-22(26-21)17-7-6-12-25-14-17/h4-14H,1H2,2-3H3,(H,24,26,27). The van der Waals surface area contributed by atoms with Crippen molar-refractivity contribution >= 4 is 22.3 Å². The number of anilines is 1. The van der Waals surface area contributed by atoms with Gasteiger partial charge in [-0.15, -0.1) is 0 Å². The maximum absolute atomic E-state index is 4.74. The smallest absolute Gasteiger partial charge is 0.163 e. The highest BCUT2D eigenvalue weighted by molar-refractivity contribution is 5.95. The Balaban J connectivity index is 1.90. The number of aromatic nitrogens is 3. The molecule has 27 heavy (non-hydrogen) atoms. The van der Waals surface area contributed by atoms with Gasteiger partial charge in [-0.1, -0.05) is 42.5 Å². The summed E-state index contributed by atoms with van der Waals surface area (Å²) in [6, 6.07) is 18.4. The van der Waals surface area contributed by atoms with E-state index in [0.717, 1.165) is 44.5 Å². The van der Waals surface area contributed by atoms with E-state index in [2.05, 4.69) is 41.1 Å². The molecule has 0 bridgehead atoms. The van der Waals surface area contributed by atoms with E-state index >= 15 is 0 Å². The van der Waals surface area contributed by atoms with Crippen LogP contribution < -0.4 is 5.32 Å². The van der Waals surface area contributed by atoms with Crippen molar-refractivity contribution in [1.82, 2.24) is 15.0 Å². The van der Waals surface area contributed by atoms with Crippen LogP contribution >= 0.6 is 0 Å². The second-order valence-corrected chi connectivity index (χ2v) is 6.45. The lowest BCUT2D eigenvalue weighted by atomic mass is 9.95. The third-order valence-electron chi connectivity index (χ3n) is 4.55. The van der Waals surface area contributed by atoms with Crippen LogP contribution in [0.4, 0.5) is 5.82 Å². The van der Waals surface area contributed by atoms with Gasteiger partial charge in [-0.3, -0.25) is 4.98 Å². The maximum atomic E-state index is 4.74. The number of fused-ring (bicyclic) bond motifs is 1. The van der Waals surface area contributed by atoms with Crippen molar-refractivity contribution < 1.29 is 0 Å². The van der Waals surface area contributed by atoms with Crippen molar-refractivity contribution in [2.75, 3.05) is 12.4 Å². The number of allylic oxidation sites excluding steroid dienone is 1. The Kier molecular flexibility index (Phi) is 4.38. The molecule has 4 nitrogen and oxygen atoms in total. The molecule has 0 aliphatic carbocycles. The van der Waals surface area contributed by atoms with Crippen molar-refractivity contribution in [3.8, 4) is 22.5 Å². The normalized spacial score (nSPS) is 10.7. The van der Waals surface area contributed by atoms with Gasteiger partial charge < -0.3 is 5.32 Å². The first-order valence-corrected chi connectivity index (χ1v) is 8.82. The Morgan fingerprint density at radius 2 is 1.81 bits per heavy atom. The molecule has 4 heteroatoms. The summed E-state index contributed by atoms with van der Waals surface area (Å²) in [5.41, 5.74) is 6.26. The predicted molar refractivity (Wildman–Crippen MR) is 112 cm³/mol. The minimum absolute atomic E-state index is 0.662. The highest BCUT2D eigenvalue weighted by Gasteiger charge is 2.12. The number of rotatable bonds is 4. The minimum Gasteiger partial charge on any atom is -0.373 e. The van der Waals surface area contributed by atoms with Gasteiger partial charge in [-0.05, 0) is 47.9 Å². The van der Waals surface area contributed by atoms with Crippen LogP contribution in [-0.4, -0.2) is 22.0 Å². The first-order chi connectivity index (χ1) is 13.2. The van der Waals surface area contributed by atoms with Crippen molar-refractivity contribution in [1.29, 1.82) is 0 Å². The summed E-state index contributed by atoms with van der Waals surface area (Å²) in [7, 11) is 1.88. The summed E-state index contributed by atoms with van der Waals surface area (Å²) in [4.78, 5) is 13.6. The molecule has 4 aromatic rings. The van der Waals surface area contributed by atoms with Gasteiger partial charge in [0.1, 0.15) is 5.82 Å². The summed E-state index contributed by atoms with van der Waals surface area (Å²) in [5.74, 6) is 1.46. The monoisotopic (exact) mass is 352 g/mol. The summed E-state index contributed by atoms with van der Waals surface area (Å²) in [5, 5.41) is 4.19. The topological polar surface area (TPSA) is 50.7 Å². The maximum Gasteiger partial charge on any atom is 0.163 e. The molecule has 0 fully saturated rings. The van der Waals surface area contributed by atoms with E-state index in [1.54, 1.807) is 12.4 Å². The van der Waals surface area contributed by atoms with E-state index in [4.69, 9.17) is 9.97 Å². The SMILES string of the molecule is C=C(C)c1ccccc1-c1ccc2nc(-c3cccnc3)nc(NC)c2c1. The Morgan fingerprint density at radius 3 is 2.56 bits per heavy atom. The number of nitrogens with one attached hydrogen (secondary N) is 1. The molecule has 132 valence electrons. The van der Waals surface area contributed by atoms with Gasteiger partial charge in [-0.2, -0.15) is 0 Å². The van der Waals surface area contributed by atoms with Crippen LogP contribution in [0, 0.1) is 0 Å². The van der Waals surface area contributed by atoms with Crippen LogP contribution in [0.5, 0.6) is 0 Å². The summed E-state index contributed by atoms with van der Waals surface area (Å²) in [6.07, 6.45) is 3.52. The summed E-state index contributed by atoms with van der Waals surface area (Å²) in [6.45, 7) is 6.14. The lowest BCUT2D eigenvalue weighted by Crippen LogP contribution is -1.99. The quantitative estimate of drug-likeness (QED) is 0.532. The van der Waals surface area contributed by atoms with Crippen molar-refractivity contribution in [2.45, 2.75) is 6.92 Å². The van der Waals surface area contributed by atoms with Gasteiger partial charge in [-0.25, -0.2) is 9.97 Å². The molecule has 4 rings (SSSR count). The number of pyridine rings is 1. The molecule has 0 atom stereocenters. The van der Waals surface area contributed by atoms with Crippen LogP contribution in [-0.2, 0) is 0 Å². The van der Waals surface area contributed by atoms with E-state index in [0.29, 0.717) is 5.82 Å². The van der Waals surface area contributed by atoms with E-state index in [9.17, 15) is 0 Å². The van der Waals surface area contributed by atoms with Gasteiger partial charge in [0.25, 0.3) is 0 Å². The zero-order valence-corrected chi connectivity index (χ0v) is 15.4. The lowest BCUT2D eigenvalue weighted by Gasteiger charge is -2.12. The predicted octanol–water partition coefficient (Wildman–Crippen LogP) is 5.43. The molecule has 0 saturated heterocycles. The Morgan fingerprint density at radius 1 is 0.963 bits per heavy atom. The molecule has 2 aromatic heterocycles. The average molecular weight is 352 g/mol. The zero-order chi connectivity index (χ0) is 18.8. The van der Waals surface area contributed by atoms with Gasteiger partial charge >= 0.3 is 0 Å². The fourth-order valence-corrected chi connectivity index (χ4v) is 3.22. The first kappa shape index (κ1) is 16.9. The Bertz CT molecular complexity index is 1130. The van der Waals surface area contributed by atoms with Crippen LogP contribution in [0.15, 0.2) is 73.6 Å². The fourth-order valence-electron chi connectivity index (χ4n) is 3.22. The highest BCUT2D eigenvalue weighted by Crippen LogP contribution is 2.32. The third kappa shape index (κ3) is 3.17. The second-order valence-electron chi connectivity index (χ2n) is 6.45. The van der Waals surface area contributed by atoms with Gasteiger partial charge in [0.05, 0.1) is 5.52 Å². The number of nitrogens with zero attached hydrogens (tertiary/aromatic N) is 3.